The van der Waals surface area contributed by atoms with E-state index in [1.165, 1.54) is 0 Å². The topological polar surface area (TPSA) is 81.3 Å². The number of aromatic amines is 1. The maximum absolute atomic E-state index is 12.8. The Labute approximate surface area is 139 Å². The van der Waals surface area contributed by atoms with Crippen LogP contribution in [0.25, 0.3) is 0 Å². The highest BCUT2D eigenvalue weighted by Crippen LogP contribution is 2.31. The van der Waals surface area contributed by atoms with Gasteiger partial charge in [-0.2, -0.15) is 0 Å². The van der Waals surface area contributed by atoms with Gasteiger partial charge in [0, 0.05) is 43.3 Å². The van der Waals surface area contributed by atoms with E-state index < -0.39 is 0 Å². The third kappa shape index (κ3) is 2.51. The first-order valence-corrected chi connectivity index (χ1v) is 8.20. The second-order valence-corrected chi connectivity index (χ2v) is 6.06. The second-order valence-electron chi connectivity index (χ2n) is 6.06. The highest BCUT2D eigenvalue weighted by atomic mass is 16.2. The average Bonchev–Trinajstić information content (AvgIpc) is 3.35. The summed E-state index contributed by atoms with van der Waals surface area (Å²) in [5.74, 6) is 0.845. The molecule has 1 unspecified atom stereocenters. The molecule has 1 aromatic heterocycles. The van der Waals surface area contributed by atoms with Gasteiger partial charge in [-0.1, -0.05) is 0 Å². The van der Waals surface area contributed by atoms with Crippen molar-refractivity contribution in [3.05, 3.63) is 48.0 Å². The molecule has 0 saturated carbocycles. The zero-order valence-electron chi connectivity index (χ0n) is 13.2. The van der Waals surface area contributed by atoms with E-state index in [4.69, 9.17) is 0 Å². The maximum Gasteiger partial charge on any atom is 0.321 e. The van der Waals surface area contributed by atoms with Gasteiger partial charge in [-0.15, -0.1) is 0 Å². The van der Waals surface area contributed by atoms with Crippen LogP contribution in [0.2, 0.25) is 0 Å². The number of carbonyl (C=O) groups is 2. The molecule has 0 aliphatic carbocycles. The highest BCUT2D eigenvalue weighted by Gasteiger charge is 2.32. The number of benzene rings is 1. The minimum Gasteiger partial charge on any atom is -0.347 e. The molecule has 0 spiro atoms. The number of nitrogens with zero attached hydrogens (tertiary/aromatic N) is 3. The van der Waals surface area contributed by atoms with Gasteiger partial charge in [0.05, 0.1) is 6.04 Å². The molecule has 3 heterocycles. The minimum atomic E-state index is -0.0912. The van der Waals surface area contributed by atoms with E-state index >= 15 is 0 Å². The van der Waals surface area contributed by atoms with Crippen molar-refractivity contribution in [2.75, 3.05) is 24.5 Å². The molecule has 0 radical (unpaired) electrons. The predicted octanol–water partition coefficient (Wildman–Crippen LogP) is 1.92. The van der Waals surface area contributed by atoms with Crippen molar-refractivity contribution in [1.29, 1.82) is 0 Å². The Morgan fingerprint density at radius 2 is 2.04 bits per heavy atom. The van der Waals surface area contributed by atoms with Gasteiger partial charge in [0.1, 0.15) is 5.82 Å². The summed E-state index contributed by atoms with van der Waals surface area (Å²) in [6, 6.07) is 7.16. The van der Waals surface area contributed by atoms with Crippen molar-refractivity contribution in [3.8, 4) is 0 Å². The smallest absolute Gasteiger partial charge is 0.321 e. The number of hydrogen-bond donors (Lipinski definition) is 2. The van der Waals surface area contributed by atoms with Gasteiger partial charge in [0.15, 0.2) is 0 Å². The second kappa shape index (κ2) is 5.99. The molecule has 2 aliphatic rings. The number of imidazole rings is 1. The molecule has 4 rings (SSSR count). The Hall–Kier alpha value is -2.83. The van der Waals surface area contributed by atoms with Gasteiger partial charge >= 0.3 is 6.03 Å². The maximum atomic E-state index is 12.8. The Morgan fingerprint density at radius 1 is 1.21 bits per heavy atom. The quantitative estimate of drug-likeness (QED) is 0.904. The zero-order valence-corrected chi connectivity index (χ0v) is 13.2. The Morgan fingerprint density at radius 3 is 2.71 bits per heavy atom. The first kappa shape index (κ1) is 14.7. The van der Waals surface area contributed by atoms with Crippen LogP contribution in [-0.4, -0.2) is 46.4 Å². The molecule has 1 atom stereocenters. The summed E-state index contributed by atoms with van der Waals surface area (Å²) in [7, 11) is 0. The summed E-state index contributed by atoms with van der Waals surface area (Å²) >= 11 is 0. The van der Waals surface area contributed by atoms with Gasteiger partial charge in [0.25, 0.3) is 5.91 Å². The number of rotatable bonds is 3. The number of urea groups is 1. The molecule has 1 aromatic carbocycles. The molecule has 2 fully saturated rings. The van der Waals surface area contributed by atoms with Gasteiger partial charge < -0.3 is 15.2 Å². The predicted molar refractivity (Wildman–Crippen MR) is 88.8 cm³/mol. The minimum absolute atomic E-state index is 0.00586. The van der Waals surface area contributed by atoms with Crippen molar-refractivity contribution in [2.45, 2.75) is 18.9 Å². The number of aromatic nitrogens is 2. The molecule has 2 aromatic rings. The normalized spacial score (nSPS) is 20.5. The lowest BCUT2D eigenvalue weighted by molar-refractivity contribution is 0.0730. The number of amides is 3. The molecule has 124 valence electrons. The average molecular weight is 325 g/mol. The summed E-state index contributed by atoms with van der Waals surface area (Å²) in [4.78, 5) is 35.5. The molecule has 2 N–H and O–H groups in total. The van der Waals surface area contributed by atoms with Crippen molar-refractivity contribution >= 4 is 17.6 Å². The van der Waals surface area contributed by atoms with Crippen LogP contribution in [0.15, 0.2) is 36.7 Å². The lowest BCUT2D eigenvalue weighted by atomic mass is 10.1. The van der Waals surface area contributed by atoms with Crippen LogP contribution in [0.1, 0.15) is 35.1 Å². The van der Waals surface area contributed by atoms with Crippen LogP contribution >= 0.6 is 0 Å². The SMILES string of the molecule is O=C1NCCN1c1ccc(C(=O)N2CCCC2c2ncc[nH]2)cc1. The van der Waals surface area contributed by atoms with Gasteiger partial charge in [-0.05, 0) is 37.1 Å². The molecular weight excluding hydrogens is 306 g/mol. The molecule has 0 bridgehead atoms. The molecule has 2 aliphatic heterocycles. The van der Waals surface area contributed by atoms with Crippen LogP contribution in [0.4, 0.5) is 10.5 Å². The number of anilines is 1. The standard InChI is InChI=1S/C17H19N5O2/c23-16(22-10-1-2-14(22)15-18-7-8-19-15)12-3-5-13(6-4-12)21-11-9-20-17(21)24/h3-8,14H,1-2,9-11H2,(H,18,19)(H,20,24). The molecule has 3 amide bonds. The lowest BCUT2D eigenvalue weighted by Gasteiger charge is -2.23. The summed E-state index contributed by atoms with van der Waals surface area (Å²) in [6.45, 7) is 2.04. The van der Waals surface area contributed by atoms with Crippen molar-refractivity contribution in [3.63, 3.8) is 0 Å². The lowest BCUT2D eigenvalue weighted by Crippen LogP contribution is -2.31. The van der Waals surface area contributed by atoms with Crippen molar-refractivity contribution in [2.24, 2.45) is 0 Å². The van der Waals surface area contributed by atoms with E-state index in [0.717, 1.165) is 30.9 Å². The number of hydrogen-bond acceptors (Lipinski definition) is 3. The highest BCUT2D eigenvalue weighted by molar-refractivity contribution is 5.97. The molecular formula is C17H19N5O2. The molecule has 7 heteroatoms. The summed E-state index contributed by atoms with van der Waals surface area (Å²) < 4.78 is 0. The first-order valence-electron chi connectivity index (χ1n) is 8.20. The third-order valence-electron chi connectivity index (χ3n) is 4.63. The molecule has 2 saturated heterocycles. The fourth-order valence-electron chi connectivity index (χ4n) is 3.42. The van der Waals surface area contributed by atoms with E-state index in [9.17, 15) is 9.59 Å². The summed E-state index contributed by atoms with van der Waals surface area (Å²) in [5.41, 5.74) is 1.45. The largest absolute Gasteiger partial charge is 0.347 e. The number of likely N-dealkylation sites (tertiary alicyclic amines) is 1. The van der Waals surface area contributed by atoms with E-state index in [0.29, 0.717) is 18.7 Å². The van der Waals surface area contributed by atoms with Crippen LogP contribution in [0.3, 0.4) is 0 Å². The summed E-state index contributed by atoms with van der Waals surface area (Å²) in [5, 5.41) is 2.77. The van der Waals surface area contributed by atoms with Crippen molar-refractivity contribution in [1.82, 2.24) is 20.2 Å². The van der Waals surface area contributed by atoms with E-state index in [-0.39, 0.29) is 18.0 Å². The van der Waals surface area contributed by atoms with Crippen LogP contribution in [0, 0.1) is 0 Å². The fourth-order valence-corrected chi connectivity index (χ4v) is 3.42. The zero-order chi connectivity index (χ0) is 16.5. The van der Waals surface area contributed by atoms with Crippen LogP contribution in [0.5, 0.6) is 0 Å². The Balaban J connectivity index is 1.53. The first-order chi connectivity index (χ1) is 11.7. The van der Waals surface area contributed by atoms with E-state index in [2.05, 4.69) is 15.3 Å². The van der Waals surface area contributed by atoms with Crippen LogP contribution < -0.4 is 10.2 Å². The monoisotopic (exact) mass is 325 g/mol. The third-order valence-corrected chi connectivity index (χ3v) is 4.63. The Kier molecular flexibility index (Phi) is 3.68. The number of carbonyl (C=O) groups excluding carboxylic acids is 2. The van der Waals surface area contributed by atoms with E-state index in [1.807, 2.05) is 17.0 Å². The van der Waals surface area contributed by atoms with Gasteiger partial charge in [-0.25, -0.2) is 9.78 Å². The van der Waals surface area contributed by atoms with Gasteiger partial charge in [0.2, 0.25) is 0 Å². The van der Waals surface area contributed by atoms with Crippen LogP contribution in [-0.2, 0) is 0 Å². The molecule has 7 nitrogen and oxygen atoms in total. The number of nitrogens with one attached hydrogen (secondary N) is 2. The van der Waals surface area contributed by atoms with Gasteiger partial charge in [-0.3, -0.25) is 9.69 Å². The number of H-pyrrole nitrogens is 1. The Bertz CT molecular complexity index is 741. The fraction of sp³-hybridized carbons (Fsp3) is 0.353. The summed E-state index contributed by atoms with van der Waals surface area (Å²) in [6.07, 6.45) is 5.40. The van der Waals surface area contributed by atoms with E-state index in [1.54, 1.807) is 29.4 Å². The van der Waals surface area contributed by atoms with Crippen molar-refractivity contribution < 1.29 is 9.59 Å². The molecule has 24 heavy (non-hydrogen) atoms.